The van der Waals surface area contributed by atoms with Gasteiger partial charge in [-0.15, -0.1) is 0 Å². The van der Waals surface area contributed by atoms with E-state index in [0.29, 0.717) is 25.9 Å². The van der Waals surface area contributed by atoms with E-state index in [1.165, 1.54) is 11.8 Å². The maximum absolute atomic E-state index is 13.7. The van der Waals surface area contributed by atoms with Crippen molar-refractivity contribution in [3.05, 3.63) is 0 Å². The summed E-state index contributed by atoms with van der Waals surface area (Å²) >= 11 is 0. The predicted octanol–water partition coefficient (Wildman–Crippen LogP) is 2.54. The fourth-order valence-corrected chi connectivity index (χ4v) is 4.41. The van der Waals surface area contributed by atoms with Crippen molar-refractivity contribution in [3.63, 3.8) is 0 Å². The summed E-state index contributed by atoms with van der Waals surface area (Å²) in [4.78, 5) is 65.3. The van der Waals surface area contributed by atoms with Crippen molar-refractivity contribution in [1.29, 1.82) is 0 Å². The molecule has 0 bridgehead atoms. The van der Waals surface area contributed by atoms with Crippen molar-refractivity contribution in [2.75, 3.05) is 13.1 Å². The van der Waals surface area contributed by atoms with Gasteiger partial charge in [0.15, 0.2) is 0 Å². The zero-order valence-electron chi connectivity index (χ0n) is 23.2. The van der Waals surface area contributed by atoms with E-state index in [2.05, 4.69) is 22.9 Å². The molecule has 1 aliphatic heterocycles. The quantitative estimate of drug-likeness (QED) is 0.273. The predicted molar refractivity (Wildman–Crippen MR) is 137 cm³/mol. The summed E-state index contributed by atoms with van der Waals surface area (Å²) in [6, 6.07) is -2.67. The van der Waals surface area contributed by atoms with Crippen LogP contribution in [0.4, 0.5) is 4.79 Å². The highest BCUT2D eigenvalue weighted by Crippen LogP contribution is 2.32. The second-order valence-corrected chi connectivity index (χ2v) is 10.8. The number of nitrogens with zero attached hydrogens (tertiary/aromatic N) is 1. The summed E-state index contributed by atoms with van der Waals surface area (Å²) in [5.74, 6) is -2.35. The number of hydrogen-bond acceptors (Lipinski definition) is 6. The number of amides is 4. The average Bonchev–Trinajstić information content (AvgIpc) is 3.22. The van der Waals surface area contributed by atoms with Gasteiger partial charge in [0, 0.05) is 13.1 Å². The van der Waals surface area contributed by atoms with Crippen molar-refractivity contribution in [2.45, 2.75) is 111 Å². The highest BCUT2D eigenvalue weighted by atomic mass is 16.6. The molecule has 0 aromatic carbocycles. The lowest BCUT2D eigenvalue weighted by atomic mass is 9.88. The van der Waals surface area contributed by atoms with Crippen LogP contribution in [0.3, 0.4) is 0 Å². The largest absolute Gasteiger partial charge is 0.444 e. The first-order valence-electron chi connectivity index (χ1n) is 13.2. The molecule has 1 aliphatic rings. The molecule has 206 valence electrons. The number of likely N-dealkylation sites (N-methyl/N-ethyl adjacent to an activating group) is 1. The van der Waals surface area contributed by atoms with Gasteiger partial charge in [-0.2, -0.15) is 0 Å². The highest BCUT2D eigenvalue weighted by Gasteiger charge is 2.45. The molecule has 1 saturated heterocycles. The number of carbonyl (C=O) groups is 5. The third kappa shape index (κ3) is 9.43. The zero-order chi connectivity index (χ0) is 27.6. The number of nitrogens with one attached hydrogen (secondary N) is 3. The number of carbonyl (C=O) groups excluding carboxylic acids is 5. The van der Waals surface area contributed by atoms with Crippen LogP contribution in [0, 0.1) is 11.8 Å². The fraction of sp³-hybridized carbons (Fsp3) is 0.808. The van der Waals surface area contributed by atoms with E-state index < -0.39 is 47.4 Å². The van der Waals surface area contributed by atoms with Gasteiger partial charge >= 0.3 is 6.09 Å². The number of rotatable bonds is 12. The van der Waals surface area contributed by atoms with Gasteiger partial charge in [-0.05, 0) is 59.3 Å². The molecular formula is C26H46N4O6. The Morgan fingerprint density at radius 3 is 2.17 bits per heavy atom. The van der Waals surface area contributed by atoms with Gasteiger partial charge in [0.1, 0.15) is 17.7 Å². The number of likely N-dealkylation sites (tertiary alicyclic amines) is 1. The molecule has 10 nitrogen and oxygen atoms in total. The molecule has 0 saturated carbocycles. The minimum absolute atomic E-state index is 0.102. The summed E-state index contributed by atoms with van der Waals surface area (Å²) in [6.45, 7) is 15.1. The lowest BCUT2D eigenvalue weighted by molar-refractivity contribution is -0.143. The summed E-state index contributed by atoms with van der Waals surface area (Å²) in [7, 11) is 0. The van der Waals surface area contributed by atoms with Crippen LogP contribution in [0.15, 0.2) is 0 Å². The Balaban J connectivity index is 3.12. The number of hydrogen-bond donors (Lipinski definition) is 3. The SMILES string of the molecule is CCCCC[C@H](NC(=O)OC(C)(C)C)C(=O)N1CC[C@H](C(C)C)[C@H]1C(=O)N[C@@H](C)C(=O)C(=O)NCC. The van der Waals surface area contributed by atoms with Crippen LogP contribution in [0.1, 0.15) is 87.5 Å². The summed E-state index contributed by atoms with van der Waals surface area (Å²) in [5, 5.41) is 7.79. The molecule has 4 amide bonds. The Morgan fingerprint density at radius 2 is 1.64 bits per heavy atom. The van der Waals surface area contributed by atoms with Gasteiger partial charge in [-0.25, -0.2) is 4.79 Å². The molecule has 3 N–H and O–H groups in total. The van der Waals surface area contributed by atoms with E-state index >= 15 is 0 Å². The molecule has 0 aromatic rings. The second kappa shape index (κ2) is 14.2. The van der Waals surface area contributed by atoms with Crippen LogP contribution >= 0.6 is 0 Å². The minimum atomic E-state index is -1.03. The molecule has 1 fully saturated rings. The third-order valence-corrected chi connectivity index (χ3v) is 6.25. The Hall–Kier alpha value is -2.65. The first-order valence-corrected chi connectivity index (χ1v) is 13.2. The van der Waals surface area contributed by atoms with Crippen molar-refractivity contribution >= 4 is 29.6 Å². The van der Waals surface area contributed by atoms with Gasteiger partial charge in [0.2, 0.25) is 17.6 Å². The molecule has 0 radical (unpaired) electrons. The summed E-state index contributed by atoms with van der Waals surface area (Å²) in [5.41, 5.74) is -0.716. The smallest absolute Gasteiger partial charge is 0.408 e. The van der Waals surface area contributed by atoms with Crippen LogP contribution in [0.2, 0.25) is 0 Å². The Bertz CT molecular complexity index is 792. The van der Waals surface area contributed by atoms with Gasteiger partial charge in [0.05, 0.1) is 6.04 Å². The third-order valence-electron chi connectivity index (χ3n) is 6.25. The average molecular weight is 511 g/mol. The van der Waals surface area contributed by atoms with Gasteiger partial charge < -0.3 is 25.6 Å². The van der Waals surface area contributed by atoms with Crippen LogP contribution in [0.25, 0.3) is 0 Å². The highest BCUT2D eigenvalue weighted by molar-refractivity contribution is 6.38. The van der Waals surface area contributed by atoms with Crippen LogP contribution in [-0.4, -0.2) is 71.3 Å². The molecule has 4 atom stereocenters. The van der Waals surface area contributed by atoms with Crippen molar-refractivity contribution in [1.82, 2.24) is 20.9 Å². The number of Topliss-reactive ketones (excluding diaryl/α,β-unsaturated/α-hetero) is 1. The van der Waals surface area contributed by atoms with E-state index in [1.807, 2.05) is 13.8 Å². The van der Waals surface area contributed by atoms with Crippen LogP contribution < -0.4 is 16.0 Å². The minimum Gasteiger partial charge on any atom is -0.444 e. The second-order valence-electron chi connectivity index (χ2n) is 10.8. The first-order chi connectivity index (χ1) is 16.7. The lowest BCUT2D eigenvalue weighted by Crippen LogP contribution is -2.57. The maximum Gasteiger partial charge on any atom is 0.408 e. The van der Waals surface area contributed by atoms with Crippen LogP contribution in [-0.2, 0) is 23.9 Å². The number of unbranched alkanes of at least 4 members (excludes halogenated alkanes) is 2. The Morgan fingerprint density at radius 1 is 1.00 bits per heavy atom. The molecule has 0 aliphatic carbocycles. The monoisotopic (exact) mass is 510 g/mol. The molecule has 0 spiro atoms. The Kier molecular flexibility index (Phi) is 12.4. The van der Waals surface area contributed by atoms with E-state index in [-0.39, 0.29) is 17.7 Å². The molecule has 1 rings (SSSR count). The number of ketones is 1. The van der Waals surface area contributed by atoms with Crippen LogP contribution in [0.5, 0.6) is 0 Å². The lowest BCUT2D eigenvalue weighted by Gasteiger charge is -2.32. The normalized spacial score (nSPS) is 19.4. The van der Waals surface area contributed by atoms with Crippen molar-refractivity contribution in [3.8, 4) is 0 Å². The summed E-state index contributed by atoms with van der Waals surface area (Å²) < 4.78 is 5.37. The van der Waals surface area contributed by atoms with E-state index in [9.17, 15) is 24.0 Å². The molecule has 1 heterocycles. The van der Waals surface area contributed by atoms with Crippen molar-refractivity contribution < 1.29 is 28.7 Å². The Labute approximate surface area is 215 Å². The van der Waals surface area contributed by atoms with E-state index in [0.717, 1.165) is 19.3 Å². The topological polar surface area (TPSA) is 134 Å². The summed E-state index contributed by atoms with van der Waals surface area (Å²) in [6.07, 6.45) is 2.95. The zero-order valence-corrected chi connectivity index (χ0v) is 23.2. The van der Waals surface area contributed by atoms with Gasteiger partial charge in [0.25, 0.3) is 5.91 Å². The van der Waals surface area contributed by atoms with E-state index in [4.69, 9.17) is 4.74 Å². The standard InChI is InChI=1S/C26H46N4O6/c1-9-11-12-13-19(29-25(35)36-26(6,7)8)24(34)30-15-14-18(16(3)4)20(30)22(32)28-17(5)21(31)23(33)27-10-2/h16-20H,9-15H2,1-8H3,(H,27,33)(H,28,32)(H,29,35)/t17-,18+,19-,20-/m0/s1. The van der Waals surface area contributed by atoms with Crippen molar-refractivity contribution in [2.24, 2.45) is 11.8 Å². The molecule has 10 heteroatoms. The van der Waals surface area contributed by atoms with Gasteiger partial charge in [-0.1, -0.05) is 40.0 Å². The molecule has 0 unspecified atom stereocenters. The molecular weight excluding hydrogens is 464 g/mol. The van der Waals surface area contributed by atoms with E-state index in [1.54, 1.807) is 27.7 Å². The molecule has 0 aromatic heterocycles. The maximum atomic E-state index is 13.7. The fourth-order valence-electron chi connectivity index (χ4n) is 4.41. The van der Waals surface area contributed by atoms with Gasteiger partial charge in [-0.3, -0.25) is 19.2 Å². The number of ether oxygens (including phenoxy) is 1. The molecule has 36 heavy (non-hydrogen) atoms. The first kappa shape index (κ1) is 31.4. The number of alkyl carbamates (subject to hydrolysis) is 1.